The van der Waals surface area contributed by atoms with Gasteiger partial charge in [-0.2, -0.15) is 5.10 Å². The number of methoxy groups -OCH3 is 1. The fourth-order valence-electron chi connectivity index (χ4n) is 6.17. The van der Waals surface area contributed by atoms with Crippen LogP contribution in [0.2, 0.25) is 0 Å². The molecule has 1 saturated carbocycles. The van der Waals surface area contributed by atoms with E-state index >= 15 is 0 Å². The number of hydrogen-bond donors (Lipinski definition) is 0. The summed E-state index contributed by atoms with van der Waals surface area (Å²) in [6, 6.07) is 10.2. The van der Waals surface area contributed by atoms with Gasteiger partial charge < -0.3 is 19.3 Å². The first kappa shape index (κ1) is 30.2. The molecule has 0 spiro atoms. The Morgan fingerprint density at radius 3 is 2.53 bits per heavy atom. The monoisotopic (exact) mass is 626 g/mol. The average molecular weight is 627 g/mol. The predicted octanol–water partition coefficient (Wildman–Crippen LogP) is 5.64. The molecule has 1 aliphatic carbocycles. The molecule has 2 aliphatic heterocycles. The minimum atomic E-state index is -3.16. The number of aromatic nitrogens is 4. The second-order valence-electron chi connectivity index (χ2n) is 11.9. The van der Waals surface area contributed by atoms with Crippen LogP contribution in [0.15, 0.2) is 35.5 Å². The van der Waals surface area contributed by atoms with Gasteiger partial charge in [-0.25, -0.2) is 23.1 Å². The number of hydrogen-bond acceptors (Lipinski definition) is 10. The summed E-state index contributed by atoms with van der Waals surface area (Å²) in [6.07, 6.45) is 10.0. The SMILES string of the molecule is COc1ccc(CN(c2cc(C)n(C3CCCCO3)n2)c2nc(SC)nc(N3CCCC(S(C)(=O)=O)C3)c2C2CC2)cc1. The first-order chi connectivity index (χ1) is 20.7. The molecule has 3 aliphatic rings. The van der Waals surface area contributed by atoms with E-state index in [4.69, 9.17) is 24.5 Å². The van der Waals surface area contributed by atoms with E-state index in [2.05, 4.69) is 34.9 Å². The number of aryl methyl sites for hydroxylation is 1. The second-order valence-corrected chi connectivity index (χ2v) is 15.0. The largest absolute Gasteiger partial charge is 0.497 e. The molecule has 43 heavy (non-hydrogen) atoms. The Morgan fingerprint density at radius 1 is 1.09 bits per heavy atom. The molecule has 12 heteroatoms. The number of thioether (sulfide) groups is 1. The van der Waals surface area contributed by atoms with E-state index in [1.54, 1.807) is 7.11 Å². The molecule has 0 radical (unpaired) electrons. The van der Waals surface area contributed by atoms with Crippen molar-refractivity contribution in [1.82, 2.24) is 19.7 Å². The lowest BCUT2D eigenvalue weighted by molar-refractivity contribution is -0.0405. The van der Waals surface area contributed by atoms with Crippen LogP contribution < -0.4 is 14.5 Å². The summed E-state index contributed by atoms with van der Waals surface area (Å²) in [4.78, 5) is 14.6. The summed E-state index contributed by atoms with van der Waals surface area (Å²) >= 11 is 1.51. The van der Waals surface area contributed by atoms with Crippen molar-refractivity contribution >= 4 is 39.1 Å². The number of rotatable bonds is 10. The molecule has 0 bridgehead atoms. The summed E-state index contributed by atoms with van der Waals surface area (Å²) in [5.74, 6) is 3.67. The van der Waals surface area contributed by atoms with Gasteiger partial charge >= 0.3 is 0 Å². The summed E-state index contributed by atoms with van der Waals surface area (Å²) in [6.45, 7) is 4.62. The highest BCUT2D eigenvalue weighted by atomic mass is 32.2. The summed E-state index contributed by atoms with van der Waals surface area (Å²) in [5, 5.41) is 5.41. The Bertz CT molecular complexity index is 1530. The van der Waals surface area contributed by atoms with Crippen molar-refractivity contribution in [1.29, 1.82) is 0 Å². The first-order valence-corrected chi connectivity index (χ1v) is 18.4. The van der Waals surface area contributed by atoms with Crippen LogP contribution >= 0.6 is 11.8 Å². The van der Waals surface area contributed by atoms with Crippen LogP contribution in [0.3, 0.4) is 0 Å². The molecule has 0 amide bonds. The van der Waals surface area contributed by atoms with E-state index < -0.39 is 15.1 Å². The number of benzene rings is 1. The maximum Gasteiger partial charge on any atom is 0.191 e. The quantitative estimate of drug-likeness (QED) is 0.208. The van der Waals surface area contributed by atoms with E-state index in [9.17, 15) is 8.42 Å². The normalized spacial score (nSPS) is 21.2. The third-order valence-corrected chi connectivity index (χ3v) is 10.8. The van der Waals surface area contributed by atoms with Gasteiger partial charge in [0, 0.05) is 43.3 Å². The van der Waals surface area contributed by atoms with Gasteiger partial charge in [0.2, 0.25) is 0 Å². The predicted molar refractivity (Wildman–Crippen MR) is 171 cm³/mol. The lowest BCUT2D eigenvalue weighted by Gasteiger charge is -2.35. The fourth-order valence-corrected chi connectivity index (χ4v) is 7.57. The highest BCUT2D eigenvalue weighted by Gasteiger charge is 2.38. The van der Waals surface area contributed by atoms with Crippen molar-refractivity contribution in [2.75, 3.05) is 49.1 Å². The van der Waals surface area contributed by atoms with Crippen molar-refractivity contribution < 1.29 is 17.9 Å². The molecule has 6 rings (SSSR count). The summed E-state index contributed by atoms with van der Waals surface area (Å²) < 4.78 is 38.7. The van der Waals surface area contributed by atoms with E-state index in [0.717, 1.165) is 91.7 Å². The second kappa shape index (κ2) is 12.6. The Hall–Kier alpha value is -2.83. The van der Waals surface area contributed by atoms with E-state index in [1.807, 2.05) is 23.1 Å². The average Bonchev–Trinajstić information content (AvgIpc) is 3.80. The van der Waals surface area contributed by atoms with Gasteiger partial charge in [0.05, 0.1) is 18.9 Å². The molecule has 2 aromatic heterocycles. The number of sulfone groups is 1. The number of nitrogens with zero attached hydrogens (tertiary/aromatic N) is 6. The standard InChI is InChI=1S/C31H42N6O4S2/c1-21-18-26(34-37(21)27-9-5-6-17-41-27)36(19-22-10-14-24(40-2)15-11-22)30-28(23-12-13-23)29(32-31(33-30)42-3)35-16-7-8-25(20-35)43(4,38)39/h10-11,14-15,18,23,25,27H,5-9,12-13,16-17,19-20H2,1-4H3. The van der Waals surface area contributed by atoms with Crippen molar-refractivity contribution in [3.63, 3.8) is 0 Å². The van der Waals surface area contributed by atoms with Crippen molar-refractivity contribution in [2.45, 2.75) is 81.0 Å². The Kier molecular flexibility index (Phi) is 8.89. The molecule has 2 unspecified atom stereocenters. The lowest BCUT2D eigenvalue weighted by atomic mass is 10.1. The summed E-state index contributed by atoms with van der Waals surface area (Å²) in [7, 11) is -1.49. The zero-order valence-electron chi connectivity index (χ0n) is 25.5. The van der Waals surface area contributed by atoms with Gasteiger partial charge in [-0.1, -0.05) is 23.9 Å². The van der Waals surface area contributed by atoms with Crippen LogP contribution in [-0.4, -0.2) is 72.7 Å². The van der Waals surface area contributed by atoms with Gasteiger partial charge in [0.25, 0.3) is 0 Å². The summed E-state index contributed by atoms with van der Waals surface area (Å²) in [5.41, 5.74) is 3.24. The van der Waals surface area contributed by atoms with Gasteiger partial charge in [-0.3, -0.25) is 0 Å². The minimum Gasteiger partial charge on any atom is -0.497 e. The van der Waals surface area contributed by atoms with Gasteiger partial charge in [-0.15, -0.1) is 0 Å². The van der Waals surface area contributed by atoms with Crippen molar-refractivity contribution in [3.8, 4) is 5.75 Å². The van der Waals surface area contributed by atoms with Crippen LogP contribution in [0.1, 0.15) is 73.9 Å². The van der Waals surface area contributed by atoms with Crippen LogP contribution in [0, 0.1) is 6.92 Å². The molecule has 10 nitrogen and oxygen atoms in total. The van der Waals surface area contributed by atoms with Crippen LogP contribution in [0.5, 0.6) is 5.75 Å². The van der Waals surface area contributed by atoms with Crippen LogP contribution in [0.25, 0.3) is 0 Å². The molecule has 3 fully saturated rings. The zero-order chi connectivity index (χ0) is 30.1. The van der Waals surface area contributed by atoms with E-state index in [0.29, 0.717) is 30.6 Å². The molecule has 0 N–H and O–H groups in total. The lowest BCUT2D eigenvalue weighted by Crippen LogP contribution is -2.43. The molecule has 2 atom stereocenters. The smallest absolute Gasteiger partial charge is 0.191 e. The third-order valence-electron chi connectivity index (χ3n) is 8.71. The number of anilines is 3. The van der Waals surface area contributed by atoms with Crippen molar-refractivity contribution in [2.24, 2.45) is 0 Å². The highest BCUT2D eigenvalue weighted by Crippen LogP contribution is 2.50. The molecule has 4 heterocycles. The first-order valence-electron chi connectivity index (χ1n) is 15.2. The maximum absolute atomic E-state index is 12.6. The molecular weight excluding hydrogens is 585 g/mol. The number of ether oxygens (including phenoxy) is 2. The van der Waals surface area contributed by atoms with Crippen LogP contribution in [-0.2, 0) is 21.1 Å². The fraction of sp³-hybridized carbons (Fsp3) is 0.581. The Labute approximate surface area is 259 Å². The Balaban J connectivity index is 1.47. The van der Waals surface area contributed by atoms with Crippen molar-refractivity contribution in [3.05, 3.63) is 47.2 Å². The minimum absolute atomic E-state index is 0.0720. The molecule has 1 aromatic carbocycles. The third kappa shape index (κ3) is 6.66. The van der Waals surface area contributed by atoms with E-state index in [-0.39, 0.29) is 6.23 Å². The topological polar surface area (TPSA) is 103 Å². The number of piperidine rings is 1. The Morgan fingerprint density at radius 2 is 1.88 bits per heavy atom. The molecule has 232 valence electrons. The van der Waals surface area contributed by atoms with Gasteiger partial charge in [-0.05, 0) is 81.7 Å². The van der Waals surface area contributed by atoms with Gasteiger partial charge in [0.1, 0.15) is 17.4 Å². The molecule has 2 saturated heterocycles. The van der Waals surface area contributed by atoms with Gasteiger partial charge in [0.15, 0.2) is 27.0 Å². The zero-order valence-corrected chi connectivity index (χ0v) is 27.2. The highest BCUT2D eigenvalue weighted by molar-refractivity contribution is 7.98. The van der Waals surface area contributed by atoms with Crippen LogP contribution in [0.4, 0.5) is 17.5 Å². The maximum atomic E-state index is 12.6. The molecular formula is C31H42N6O4S2. The van der Waals surface area contributed by atoms with E-state index in [1.165, 1.54) is 18.0 Å². The molecule has 3 aromatic rings.